The summed E-state index contributed by atoms with van der Waals surface area (Å²) in [6, 6.07) is 57.0. The molecule has 5 aliphatic rings. The third-order valence-electron chi connectivity index (χ3n) is 29.6. The van der Waals surface area contributed by atoms with Crippen molar-refractivity contribution in [3.63, 3.8) is 0 Å². The summed E-state index contributed by atoms with van der Waals surface area (Å²) in [6.07, 6.45) is 8.93. The van der Waals surface area contributed by atoms with E-state index in [-0.39, 0.29) is 45.0 Å². The third kappa shape index (κ3) is 23.4. The van der Waals surface area contributed by atoms with Gasteiger partial charge in [-0.25, -0.2) is 0 Å². The van der Waals surface area contributed by atoms with E-state index >= 15 is 0 Å². The summed E-state index contributed by atoms with van der Waals surface area (Å²) in [5, 5.41) is 18.0. The van der Waals surface area contributed by atoms with Crippen molar-refractivity contribution < 1.29 is 19.4 Å². The van der Waals surface area contributed by atoms with E-state index in [1.165, 1.54) is 141 Å². The molecule has 0 saturated carbocycles. The van der Waals surface area contributed by atoms with Crippen LogP contribution in [0.2, 0.25) is 0 Å². The molecule has 712 valence electrons. The fraction of sp³-hybridized carbons (Fsp3) is 0.598. The predicted octanol–water partition coefficient (Wildman–Crippen LogP) is 35.8. The quantitative estimate of drug-likeness (QED) is 0.0773. The maximum absolute atomic E-state index is 12.6. The third-order valence-corrected chi connectivity index (χ3v) is 44.2. The minimum atomic E-state index is -0.529. The molecule has 0 aromatic heterocycles. The van der Waals surface area contributed by atoms with Gasteiger partial charge in [0, 0.05) is 25.7 Å². The number of carbonyl (C=O) groups excluding carboxylic acids is 1. The Kier molecular flexibility index (Phi) is 34.4. The summed E-state index contributed by atoms with van der Waals surface area (Å²) in [5.41, 5.74) is 29.5. The molecule has 130 heavy (non-hydrogen) atoms. The summed E-state index contributed by atoms with van der Waals surface area (Å²) < 4.78 is 12.6. The minimum absolute atomic E-state index is 0.00185. The number of rotatable bonds is 20. The zero-order valence-electron chi connectivity index (χ0n) is 89.6. The Morgan fingerprint density at radius 3 is 0.692 bits per heavy atom. The van der Waals surface area contributed by atoms with Crippen LogP contribution in [0.25, 0.3) is 44.5 Å². The van der Waals surface area contributed by atoms with Gasteiger partial charge in [0.2, 0.25) is 0 Å². The molecule has 4 nitrogen and oxygen atoms in total. The lowest BCUT2D eigenvalue weighted by Crippen LogP contribution is -2.52. The molecule has 8 aromatic carbocycles. The second-order valence-corrected chi connectivity index (χ2v) is 63.1. The molecule has 0 bridgehead atoms. The van der Waals surface area contributed by atoms with Crippen LogP contribution in [0.15, 0.2) is 146 Å². The van der Waals surface area contributed by atoms with Crippen LogP contribution < -0.4 is 21.2 Å². The highest BCUT2D eigenvalue weighted by molar-refractivity contribution is 7.70. The monoisotopic (exact) mass is 1830 g/mol. The Morgan fingerprint density at radius 2 is 0.477 bits per heavy atom. The van der Waals surface area contributed by atoms with Crippen LogP contribution in [-0.2, 0) is 14.3 Å². The number of carbonyl (C=O) groups is 1. The van der Waals surface area contributed by atoms with Gasteiger partial charge in [0.05, 0.1) is 19.3 Å². The second-order valence-electron chi connectivity index (χ2n) is 48.8. The molecule has 5 heterocycles. The smallest absolute Gasteiger partial charge is 0.170 e. The number of hydrogen-bond acceptors (Lipinski definition) is 4. The molecule has 1 spiro atoms. The zero-order chi connectivity index (χ0) is 96.9. The molecule has 5 saturated heterocycles. The zero-order valence-corrected chi connectivity index (χ0v) is 93.2. The Balaban J connectivity index is 0.000000180. The van der Waals surface area contributed by atoms with E-state index in [9.17, 15) is 9.90 Å². The highest BCUT2D eigenvalue weighted by Gasteiger charge is 2.58. The van der Waals surface area contributed by atoms with E-state index in [0.717, 1.165) is 38.9 Å². The first-order chi connectivity index (χ1) is 60.2. The molecular weight excluding hydrogens is 1650 g/mol. The van der Waals surface area contributed by atoms with Gasteiger partial charge in [-0.3, -0.25) is 4.79 Å². The van der Waals surface area contributed by atoms with Crippen LogP contribution in [0.1, 0.15) is 473 Å². The molecule has 5 aliphatic heterocycles. The average molecular weight is 1830 g/mol. The summed E-state index contributed by atoms with van der Waals surface area (Å²) in [7, 11) is -1.76. The lowest BCUT2D eigenvalue weighted by atomic mass is 9.82. The van der Waals surface area contributed by atoms with Gasteiger partial charge < -0.3 is 14.6 Å². The van der Waals surface area contributed by atoms with Crippen LogP contribution in [0.3, 0.4) is 0 Å². The Hall–Kier alpha value is -4.97. The number of hydrogen-bond donors (Lipinski definition) is 1. The van der Waals surface area contributed by atoms with Gasteiger partial charge in [-0.15, -0.1) is 0 Å². The van der Waals surface area contributed by atoms with E-state index in [0.29, 0.717) is 100.0 Å². The number of aliphatic hydroxyl groups excluding tert-OH is 1. The lowest BCUT2D eigenvalue weighted by Gasteiger charge is -2.55. The normalized spacial score (nSPS) is 20.5. The van der Waals surface area contributed by atoms with Crippen molar-refractivity contribution in [2.45, 2.75) is 459 Å². The maximum Gasteiger partial charge on any atom is 0.170 e. The van der Waals surface area contributed by atoms with Crippen LogP contribution >= 0.6 is 31.7 Å². The van der Waals surface area contributed by atoms with Crippen molar-refractivity contribution >= 4 is 58.7 Å². The van der Waals surface area contributed by atoms with Gasteiger partial charge in [0.1, 0.15) is 5.78 Å². The molecule has 8 aromatic rings. The second kappa shape index (κ2) is 41.8. The summed E-state index contributed by atoms with van der Waals surface area (Å²) >= 11 is 0. The Labute approximate surface area is 801 Å². The van der Waals surface area contributed by atoms with Crippen molar-refractivity contribution in [3.05, 3.63) is 212 Å². The van der Waals surface area contributed by atoms with Gasteiger partial charge in [0.25, 0.3) is 0 Å². The number of ether oxygens (including phenoxy) is 2. The van der Waals surface area contributed by atoms with Gasteiger partial charge in [0.15, 0.2) is 5.79 Å². The van der Waals surface area contributed by atoms with Gasteiger partial charge >= 0.3 is 0 Å². The van der Waals surface area contributed by atoms with Crippen molar-refractivity contribution in [1.29, 1.82) is 0 Å². The van der Waals surface area contributed by atoms with Crippen molar-refractivity contribution in [1.82, 2.24) is 0 Å². The average Bonchev–Trinajstić information content (AvgIpc) is 1.46. The molecule has 8 heteroatoms. The molecule has 0 radical (unpaired) electrons. The summed E-state index contributed by atoms with van der Waals surface area (Å²) in [6.45, 7) is 96.3. The van der Waals surface area contributed by atoms with Gasteiger partial charge in [-0.1, -0.05) is 461 Å². The van der Waals surface area contributed by atoms with Crippen LogP contribution in [-0.4, -0.2) is 77.2 Å². The number of aliphatic hydroxyl groups is 1. The molecule has 0 atom stereocenters. The SMILES string of the molecule is CC(C)c1cc(C(C)C)c(-c2ccccc2P2C(C)(C)CC(=O)CC2(C)C)c(C(C)C)c1.CC(C)c1cc(C(C)C)c(-c2ccccc2P2C(C)(C)CC(O)CC2(C)C)c(C(C)C)c1.CC(C)c1cc(C(C)C)c(-c2ccccc2P2C(C)(C)CC3(CC2(C)C)OCCO3)c(C(C)C)c1.CC(C)c1cc(C(C)C)c(-c2ccccc2P2C(C)(C)CCCC2(C)C)c(C(C)C)c1. The molecule has 0 amide bonds. The van der Waals surface area contributed by atoms with Crippen molar-refractivity contribution in [2.24, 2.45) is 0 Å². The number of ketones is 1. The predicted molar refractivity (Wildman–Crippen MR) is 583 cm³/mol. The van der Waals surface area contributed by atoms with Crippen LogP contribution in [0.5, 0.6) is 0 Å². The number of benzene rings is 8. The van der Waals surface area contributed by atoms with E-state index in [1.807, 2.05) is 0 Å². The first-order valence-corrected chi connectivity index (χ1v) is 56.3. The minimum Gasteiger partial charge on any atom is -0.393 e. The molecule has 0 unspecified atom stereocenters. The summed E-state index contributed by atoms with van der Waals surface area (Å²) in [4.78, 5) is 12.6. The fourth-order valence-electron chi connectivity index (χ4n) is 24.5. The highest BCUT2D eigenvalue weighted by atomic mass is 31.1. The Morgan fingerprint density at radius 1 is 0.277 bits per heavy atom. The largest absolute Gasteiger partial charge is 0.393 e. The van der Waals surface area contributed by atoms with E-state index < -0.39 is 29.6 Å². The standard InChI is InChI=1S/C32H47O2P.C30H45OP.C30H43OP.C30H45P/c1-21(2)24-17-26(22(3)4)29(27(18-24)23(5)6)25-13-11-12-14-28(25)35-30(7,8)19-32(20-31(35,9)10)33-15-16-34-32;2*1-19(2)22-15-25(20(3)4)28(26(16-22)21(5)6)24-13-11-12-14-27(24)32-29(7,8)17-23(31)18-30(32,9)10;1-20(2)23-18-25(21(3)4)28(26(19-23)22(5)6)24-14-11-12-15-27(24)31-29(7,8)16-13-17-30(31,9)10/h11-14,17-18,21-23H,15-16,19-20H2,1-10H3;11-16,19-21,23,31H,17-18H2,1-10H3;11-16,19-21H,17-18H2,1-10H3;11-12,14-15,18-22H,13,16-17H2,1-10H3. The van der Waals surface area contributed by atoms with Crippen LogP contribution in [0.4, 0.5) is 0 Å². The highest BCUT2D eigenvalue weighted by Crippen LogP contribution is 2.72. The van der Waals surface area contributed by atoms with E-state index in [4.69, 9.17) is 9.47 Å². The first kappa shape index (κ1) is 107. The topological polar surface area (TPSA) is 55.8 Å². The molecule has 13 rings (SSSR count). The molecule has 0 aliphatic carbocycles. The van der Waals surface area contributed by atoms with E-state index in [1.54, 1.807) is 10.6 Å². The van der Waals surface area contributed by atoms with Gasteiger partial charge in [-0.05, 0) is 270 Å². The number of Topliss-reactive ketones (excluding diaryl/α,β-unsaturated/α-hetero) is 1. The first-order valence-electron chi connectivity index (χ1n) is 50.9. The molecule has 5 fully saturated rings. The van der Waals surface area contributed by atoms with Crippen molar-refractivity contribution in [3.8, 4) is 44.5 Å². The molecular formula is C122H180O4P4. The molecule has 1 N–H and O–H groups in total. The van der Waals surface area contributed by atoms with Crippen molar-refractivity contribution in [2.75, 3.05) is 13.2 Å². The van der Waals surface area contributed by atoms with E-state index in [2.05, 4.69) is 423 Å². The lowest BCUT2D eigenvalue weighted by molar-refractivity contribution is -0.178. The fourth-order valence-corrected chi connectivity index (χ4v) is 41.9. The van der Waals surface area contributed by atoms with Gasteiger partial charge in [-0.2, -0.15) is 0 Å². The summed E-state index contributed by atoms with van der Waals surface area (Å²) in [5.74, 6) is 5.94. The van der Waals surface area contributed by atoms with Crippen LogP contribution in [0, 0.1) is 0 Å². The Bertz CT molecular complexity index is 5010. The maximum atomic E-state index is 12.6.